The number of Topliss-reactive ketones (excluding diaryl/α,β-unsaturated/α-hetero) is 1. The van der Waals surface area contributed by atoms with E-state index in [9.17, 15) is 22.8 Å². The average molecular weight is 520 g/mol. The Balaban J connectivity index is 1.94. The molecular weight excluding hydrogens is 491 g/mol. The third kappa shape index (κ3) is 6.03. The molecule has 0 aliphatic carbocycles. The summed E-state index contributed by atoms with van der Waals surface area (Å²) in [5.41, 5.74) is 0.479. The largest absolute Gasteiger partial charge is 0.400 e. The topological polar surface area (TPSA) is 75.7 Å². The molecule has 0 amide bonds. The van der Waals surface area contributed by atoms with Gasteiger partial charge in [-0.15, -0.1) is 0 Å². The number of ketones is 1. The summed E-state index contributed by atoms with van der Waals surface area (Å²) in [4.78, 5) is 35.9. The molecule has 0 atom stereocenters. The number of alkyl halides is 3. The Morgan fingerprint density at radius 1 is 1.06 bits per heavy atom. The van der Waals surface area contributed by atoms with E-state index in [2.05, 4.69) is 28.8 Å². The summed E-state index contributed by atoms with van der Waals surface area (Å²) in [7, 11) is 0. The fourth-order valence-corrected chi connectivity index (χ4v) is 4.19. The van der Waals surface area contributed by atoms with Crippen LogP contribution in [0.25, 0.3) is 22.8 Å². The first-order chi connectivity index (χ1) is 16.7. The van der Waals surface area contributed by atoms with Crippen LogP contribution in [0.3, 0.4) is 0 Å². The van der Waals surface area contributed by atoms with Crippen LogP contribution in [-0.2, 0) is 17.6 Å². The van der Waals surface area contributed by atoms with Crippen molar-refractivity contribution in [2.24, 2.45) is 11.3 Å². The Kier molecular flexibility index (Phi) is 8.08. The van der Waals surface area contributed by atoms with Gasteiger partial charge in [0.05, 0.1) is 5.02 Å². The van der Waals surface area contributed by atoms with E-state index in [0.717, 1.165) is 25.8 Å². The summed E-state index contributed by atoms with van der Waals surface area (Å²) < 4.78 is 39.7. The van der Waals surface area contributed by atoms with Crippen LogP contribution in [0.15, 0.2) is 41.2 Å². The smallest absolute Gasteiger partial charge is 0.299 e. The van der Waals surface area contributed by atoms with Gasteiger partial charge in [0.1, 0.15) is 17.0 Å². The Bertz CT molecular complexity index is 1310. The van der Waals surface area contributed by atoms with Crippen molar-refractivity contribution >= 4 is 17.4 Å². The molecule has 3 aromatic rings. The highest BCUT2D eigenvalue weighted by atomic mass is 35.5. The Labute approximate surface area is 213 Å². The number of aromatic nitrogens is 3. The van der Waals surface area contributed by atoms with Crippen molar-refractivity contribution in [1.29, 1.82) is 0 Å². The van der Waals surface area contributed by atoms with Gasteiger partial charge in [-0.2, -0.15) is 18.2 Å². The molecule has 1 aromatic heterocycles. The number of nitrogens with one attached hydrogen (secondary N) is 1. The highest BCUT2D eigenvalue weighted by molar-refractivity contribution is 6.33. The predicted molar refractivity (Wildman–Crippen MR) is 135 cm³/mol. The zero-order chi connectivity index (χ0) is 26.8. The lowest BCUT2D eigenvalue weighted by Crippen LogP contribution is -2.39. The first-order valence-electron chi connectivity index (χ1n) is 11.7. The molecule has 2 aromatic carbocycles. The molecule has 3 rings (SSSR count). The third-order valence-electron chi connectivity index (χ3n) is 6.30. The summed E-state index contributed by atoms with van der Waals surface area (Å²) in [5.74, 6) is 0.0328. The zero-order valence-electron chi connectivity index (χ0n) is 20.9. The van der Waals surface area contributed by atoms with Gasteiger partial charge in [-0.05, 0) is 62.3 Å². The van der Waals surface area contributed by atoms with Crippen molar-refractivity contribution in [3.63, 3.8) is 0 Å². The van der Waals surface area contributed by atoms with Gasteiger partial charge in [0, 0.05) is 17.5 Å². The van der Waals surface area contributed by atoms with Crippen LogP contribution < -0.4 is 5.69 Å². The number of benzene rings is 2. The first-order valence-corrected chi connectivity index (χ1v) is 12.0. The lowest BCUT2D eigenvalue weighted by atomic mass is 9.84. The summed E-state index contributed by atoms with van der Waals surface area (Å²) >= 11 is 6.45. The Morgan fingerprint density at radius 3 is 2.28 bits per heavy atom. The van der Waals surface area contributed by atoms with Crippen LogP contribution in [-0.4, -0.2) is 26.9 Å². The van der Waals surface area contributed by atoms with Gasteiger partial charge in [-0.1, -0.05) is 55.8 Å². The maximum absolute atomic E-state index is 13.2. The summed E-state index contributed by atoms with van der Waals surface area (Å²) in [6.45, 7) is 7.77. The van der Waals surface area contributed by atoms with Crippen LogP contribution >= 0.6 is 11.6 Å². The van der Waals surface area contributed by atoms with E-state index < -0.39 is 23.1 Å². The van der Waals surface area contributed by atoms with Crippen molar-refractivity contribution in [2.45, 2.75) is 60.1 Å². The number of aromatic amines is 1. The average Bonchev–Trinajstić information content (AvgIpc) is 2.77. The molecule has 0 saturated heterocycles. The highest BCUT2D eigenvalue weighted by Crippen LogP contribution is 2.39. The SMILES string of the molecule is Cc1c(CCC(=O)C(C)(C)C(F)(F)F)ccc(Cl)c1-c1nc(-c2ccc(CC(C)C)cc2)nc(=O)[nH]1. The normalized spacial score (nSPS) is 12.3. The third-order valence-corrected chi connectivity index (χ3v) is 6.61. The molecule has 0 fully saturated rings. The zero-order valence-corrected chi connectivity index (χ0v) is 21.6. The van der Waals surface area contributed by atoms with Crippen LogP contribution in [0, 0.1) is 18.3 Å². The second-order valence-electron chi connectivity index (χ2n) is 9.87. The van der Waals surface area contributed by atoms with Crippen molar-refractivity contribution in [3.8, 4) is 22.8 Å². The van der Waals surface area contributed by atoms with Crippen LogP contribution in [0.5, 0.6) is 0 Å². The van der Waals surface area contributed by atoms with Crippen LogP contribution in [0.1, 0.15) is 50.8 Å². The maximum Gasteiger partial charge on any atom is 0.400 e. The van der Waals surface area contributed by atoms with E-state index in [4.69, 9.17) is 11.6 Å². The standard InChI is InChI=1S/C27H29ClF3N3O2/c1-15(2)14-17-6-8-19(9-7-17)23-32-24(34-25(36)33-23)22-16(3)18(10-12-20(22)28)11-13-21(35)26(4,5)27(29,30)31/h6-10,12,15H,11,13-14H2,1-5H3,(H,32,33,34,36). The van der Waals surface area contributed by atoms with Gasteiger partial charge >= 0.3 is 11.9 Å². The molecule has 192 valence electrons. The highest BCUT2D eigenvalue weighted by Gasteiger charge is 2.51. The van der Waals surface area contributed by atoms with E-state index in [-0.39, 0.29) is 24.5 Å². The number of rotatable bonds is 8. The predicted octanol–water partition coefficient (Wildman–Crippen LogP) is 6.75. The van der Waals surface area contributed by atoms with Gasteiger partial charge in [0.15, 0.2) is 5.82 Å². The van der Waals surface area contributed by atoms with Gasteiger partial charge < -0.3 is 0 Å². The number of hydrogen-bond donors (Lipinski definition) is 1. The lowest BCUT2D eigenvalue weighted by Gasteiger charge is -2.26. The molecular formula is C27H29ClF3N3O2. The van der Waals surface area contributed by atoms with Crippen molar-refractivity contribution in [1.82, 2.24) is 15.0 Å². The molecule has 1 heterocycles. The van der Waals surface area contributed by atoms with Crippen molar-refractivity contribution < 1.29 is 18.0 Å². The molecule has 0 radical (unpaired) electrons. The van der Waals surface area contributed by atoms with E-state index in [1.165, 1.54) is 0 Å². The molecule has 0 aliphatic heterocycles. The fourth-order valence-electron chi connectivity index (χ4n) is 3.90. The second kappa shape index (κ2) is 10.5. The molecule has 0 unspecified atom stereocenters. The van der Waals surface area contributed by atoms with E-state index in [1.807, 2.05) is 24.3 Å². The molecule has 0 spiro atoms. The summed E-state index contributed by atoms with van der Waals surface area (Å²) in [6, 6.07) is 10.9. The monoisotopic (exact) mass is 519 g/mol. The fraction of sp³-hybridized carbons (Fsp3) is 0.407. The Morgan fingerprint density at radius 2 is 1.69 bits per heavy atom. The minimum atomic E-state index is -4.63. The van der Waals surface area contributed by atoms with Crippen LogP contribution in [0.4, 0.5) is 13.2 Å². The second-order valence-corrected chi connectivity index (χ2v) is 10.3. The quantitative estimate of drug-likeness (QED) is 0.357. The Hall–Kier alpha value is -3.00. The van der Waals surface area contributed by atoms with Crippen molar-refractivity contribution in [3.05, 3.63) is 68.6 Å². The maximum atomic E-state index is 13.2. The first kappa shape index (κ1) is 27.6. The molecule has 36 heavy (non-hydrogen) atoms. The van der Waals surface area contributed by atoms with Gasteiger partial charge in [-0.3, -0.25) is 9.78 Å². The number of hydrogen-bond acceptors (Lipinski definition) is 4. The van der Waals surface area contributed by atoms with E-state index >= 15 is 0 Å². The molecule has 0 bridgehead atoms. The minimum Gasteiger partial charge on any atom is -0.299 e. The van der Waals surface area contributed by atoms with Crippen molar-refractivity contribution in [2.75, 3.05) is 0 Å². The van der Waals surface area contributed by atoms with E-state index in [1.54, 1.807) is 19.1 Å². The molecule has 0 aliphatic rings. The van der Waals surface area contributed by atoms with E-state index in [0.29, 0.717) is 33.2 Å². The molecule has 5 nitrogen and oxygen atoms in total. The lowest BCUT2D eigenvalue weighted by molar-refractivity contribution is -0.210. The number of H-pyrrole nitrogens is 1. The number of halogens is 4. The minimum absolute atomic E-state index is 0.0911. The molecule has 0 saturated carbocycles. The molecule has 1 N–H and O–H groups in total. The van der Waals surface area contributed by atoms with Gasteiger partial charge in [0.25, 0.3) is 0 Å². The molecule has 9 heteroatoms. The van der Waals surface area contributed by atoms with Crippen LogP contribution in [0.2, 0.25) is 5.02 Å². The number of carbonyl (C=O) groups is 1. The number of aryl methyl sites for hydroxylation is 1. The number of carbonyl (C=O) groups excluding carboxylic acids is 1. The number of nitrogens with zero attached hydrogens (tertiary/aromatic N) is 2. The van der Waals surface area contributed by atoms with Gasteiger partial charge in [0.2, 0.25) is 0 Å². The van der Waals surface area contributed by atoms with Gasteiger partial charge in [-0.25, -0.2) is 9.78 Å². The summed E-state index contributed by atoms with van der Waals surface area (Å²) in [5, 5.41) is 0.311. The summed E-state index contributed by atoms with van der Waals surface area (Å²) in [6.07, 6.45) is -3.91.